The molecule has 1 spiro atoms. The Morgan fingerprint density at radius 3 is 2.34 bits per heavy atom. The Morgan fingerprint density at radius 1 is 1.02 bits per heavy atom. The number of amides is 1. The Kier molecular flexibility index (Phi) is 11.4. The smallest absolute Gasteiger partial charge is 0.410 e. The SMILES string of the molecule is CN(CCN(C)C(=O)OC(C)(C)C)Cc1cn([C@H]2CCCCO2)nc1[C@H]1CC[C@H](O[Si](C)(C)C(C)(C)C)C2(CCCCC2)C1. The second kappa shape index (κ2) is 14.1. The van der Waals surface area contributed by atoms with Gasteiger partial charge in [0.25, 0.3) is 0 Å². The lowest BCUT2D eigenvalue weighted by atomic mass is 9.60. The molecule has 0 N–H and O–H groups in total. The molecule has 1 aliphatic heterocycles. The van der Waals surface area contributed by atoms with Crippen molar-refractivity contribution in [2.45, 2.75) is 161 Å². The van der Waals surface area contributed by atoms with E-state index in [-0.39, 0.29) is 22.8 Å². The number of carbonyl (C=O) groups is 1. The average molecular weight is 633 g/mol. The molecule has 0 unspecified atom stereocenters. The van der Waals surface area contributed by atoms with Crippen LogP contribution in [0.3, 0.4) is 0 Å². The minimum Gasteiger partial charge on any atom is -0.444 e. The van der Waals surface area contributed by atoms with E-state index in [0.717, 1.165) is 45.4 Å². The van der Waals surface area contributed by atoms with Gasteiger partial charge in [-0.1, -0.05) is 40.0 Å². The number of carbonyl (C=O) groups excluding carboxylic acids is 1. The summed E-state index contributed by atoms with van der Waals surface area (Å²) in [5, 5.41) is 5.56. The van der Waals surface area contributed by atoms with Crippen molar-refractivity contribution in [2.24, 2.45) is 5.41 Å². The molecular weight excluding hydrogens is 568 g/mol. The zero-order valence-electron chi connectivity index (χ0n) is 29.8. The molecule has 8 nitrogen and oxygen atoms in total. The molecule has 1 saturated heterocycles. The molecule has 3 fully saturated rings. The lowest BCUT2D eigenvalue weighted by molar-refractivity contribution is -0.0420. The van der Waals surface area contributed by atoms with Gasteiger partial charge in [0, 0.05) is 51.0 Å². The highest BCUT2D eigenvalue weighted by atomic mass is 28.4. The molecule has 0 radical (unpaired) electrons. The van der Waals surface area contributed by atoms with E-state index >= 15 is 0 Å². The van der Waals surface area contributed by atoms with Crippen molar-refractivity contribution in [2.75, 3.05) is 33.8 Å². The molecule has 3 aliphatic rings. The first-order chi connectivity index (χ1) is 20.5. The third-order valence-electron chi connectivity index (χ3n) is 10.8. The zero-order valence-corrected chi connectivity index (χ0v) is 30.8. The van der Waals surface area contributed by atoms with Crippen LogP contribution in [0, 0.1) is 5.41 Å². The minimum atomic E-state index is -1.87. The maximum atomic E-state index is 12.5. The second-order valence-electron chi connectivity index (χ2n) is 16.7. The molecule has 0 aromatic carbocycles. The van der Waals surface area contributed by atoms with Crippen LogP contribution in [-0.2, 0) is 20.4 Å². The third kappa shape index (κ3) is 8.89. The summed E-state index contributed by atoms with van der Waals surface area (Å²) in [6.07, 6.45) is 15.7. The molecular formula is C35H64N4O4Si. The minimum absolute atomic E-state index is 0.0294. The normalized spacial score (nSPS) is 24.9. The van der Waals surface area contributed by atoms with E-state index in [1.165, 1.54) is 56.2 Å². The van der Waals surface area contributed by atoms with Crippen molar-refractivity contribution in [3.05, 3.63) is 17.5 Å². The first-order valence-electron chi connectivity index (χ1n) is 17.5. The zero-order chi connectivity index (χ0) is 32.3. The van der Waals surface area contributed by atoms with Crippen LogP contribution in [0.5, 0.6) is 0 Å². The van der Waals surface area contributed by atoms with Gasteiger partial charge in [-0.05, 0) is 103 Å². The van der Waals surface area contributed by atoms with E-state index < -0.39 is 13.9 Å². The summed E-state index contributed by atoms with van der Waals surface area (Å²) in [5.41, 5.74) is 2.33. The molecule has 2 heterocycles. The van der Waals surface area contributed by atoms with Gasteiger partial charge in [0.05, 0.1) is 11.8 Å². The van der Waals surface area contributed by atoms with Gasteiger partial charge in [0.1, 0.15) is 11.8 Å². The van der Waals surface area contributed by atoms with E-state index in [1.54, 1.807) is 4.90 Å². The molecule has 2 saturated carbocycles. The fourth-order valence-electron chi connectivity index (χ4n) is 7.23. The Bertz CT molecular complexity index is 1080. The summed E-state index contributed by atoms with van der Waals surface area (Å²) in [5.74, 6) is 0.435. The van der Waals surface area contributed by atoms with Gasteiger partial charge < -0.3 is 23.7 Å². The van der Waals surface area contributed by atoms with Crippen molar-refractivity contribution in [1.29, 1.82) is 0 Å². The lowest BCUT2D eigenvalue weighted by Gasteiger charge is -2.52. The maximum Gasteiger partial charge on any atom is 0.410 e. The van der Waals surface area contributed by atoms with Crippen molar-refractivity contribution < 1.29 is 18.7 Å². The highest BCUT2D eigenvalue weighted by Gasteiger charge is 2.50. The predicted octanol–water partition coefficient (Wildman–Crippen LogP) is 8.49. The third-order valence-corrected chi connectivity index (χ3v) is 15.3. The number of hydrogen-bond donors (Lipinski definition) is 0. The van der Waals surface area contributed by atoms with Crippen LogP contribution < -0.4 is 0 Å². The first-order valence-corrected chi connectivity index (χ1v) is 20.4. The monoisotopic (exact) mass is 632 g/mol. The molecule has 1 aromatic heterocycles. The summed E-state index contributed by atoms with van der Waals surface area (Å²) in [7, 11) is 2.09. The van der Waals surface area contributed by atoms with Crippen LogP contribution in [0.4, 0.5) is 4.79 Å². The molecule has 4 rings (SSSR count). The van der Waals surface area contributed by atoms with Crippen molar-refractivity contribution in [3.63, 3.8) is 0 Å². The molecule has 252 valence electrons. The van der Waals surface area contributed by atoms with Gasteiger partial charge in [-0.2, -0.15) is 5.10 Å². The van der Waals surface area contributed by atoms with Crippen LogP contribution in [0.25, 0.3) is 0 Å². The van der Waals surface area contributed by atoms with Crippen LogP contribution in [0.2, 0.25) is 18.1 Å². The molecule has 0 bridgehead atoms. The lowest BCUT2D eigenvalue weighted by Crippen LogP contribution is -2.52. The molecule has 3 atom stereocenters. The Balaban J connectivity index is 1.53. The Hall–Kier alpha value is -1.42. The first kappa shape index (κ1) is 35.4. The van der Waals surface area contributed by atoms with E-state index in [4.69, 9.17) is 19.0 Å². The topological polar surface area (TPSA) is 69.1 Å². The molecule has 44 heavy (non-hydrogen) atoms. The molecule has 2 aliphatic carbocycles. The highest BCUT2D eigenvalue weighted by Crippen LogP contribution is 2.55. The fourth-order valence-corrected chi connectivity index (χ4v) is 8.66. The van der Waals surface area contributed by atoms with Crippen LogP contribution >= 0.6 is 0 Å². The van der Waals surface area contributed by atoms with Gasteiger partial charge >= 0.3 is 6.09 Å². The van der Waals surface area contributed by atoms with Crippen molar-refractivity contribution in [3.8, 4) is 0 Å². The summed E-state index contributed by atoms with van der Waals surface area (Å²) < 4.78 is 21.2. The quantitative estimate of drug-likeness (QED) is 0.254. The number of hydrogen-bond acceptors (Lipinski definition) is 6. The standard InChI is InChI=1S/C35H64N4O4Si/c1-33(2,3)42-32(40)38(8)22-21-37(7)25-28-26-39(30-16-12-15-23-41-30)36-31(28)27-17-18-29(43-44(9,10)34(4,5)6)35(24-27)19-13-11-14-20-35/h26-27,29-30H,11-25H2,1-10H3/t27-,29-,30+/m0/s1. The fraction of sp³-hybridized carbons (Fsp3) is 0.886. The number of nitrogens with zero attached hydrogens (tertiary/aromatic N) is 4. The molecule has 9 heteroatoms. The Labute approximate surface area is 269 Å². The largest absolute Gasteiger partial charge is 0.444 e. The summed E-state index contributed by atoms with van der Waals surface area (Å²) in [6, 6.07) is 0. The highest BCUT2D eigenvalue weighted by molar-refractivity contribution is 6.74. The number of ether oxygens (including phenoxy) is 2. The van der Waals surface area contributed by atoms with Crippen LogP contribution in [0.1, 0.15) is 136 Å². The van der Waals surface area contributed by atoms with Gasteiger partial charge in [-0.15, -0.1) is 0 Å². The second-order valence-corrected chi connectivity index (χ2v) is 21.5. The van der Waals surface area contributed by atoms with Crippen LogP contribution in [-0.4, -0.2) is 79.5 Å². The van der Waals surface area contributed by atoms with Gasteiger partial charge in [0.2, 0.25) is 0 Å². The Morgan fingerprint density at radius 2 is 1.73 bits per heavy atom. The van der Waals surface area contributed by atoms with E-state index in [1.807, 2.05) is 27.8 Å². The molecule has 1 amide bonds. The van der Waals surface area contributed by atoms with E-state index in [9.17, 15) is 4.79 Å². The van der Waals surface area contributed by atoms with Gasteiger partial charge in [0.15, 0.2) is 8.32 Å². The van der Waals surface area contributed by atoms with Crippen molar-refractivity contribution >= 4 is 14.4 Å². The maximum absolute atomic E-state index is 12.5. The average Bonchev–Trinajstić information content (AvgIpc) is 3.36. The van der Waals surface area contributed by atoms with E-state index in [0.29, 0.717) is 18.6 Å². The number of aromatic nitrogens is 2. The van der Waals surface area contributed by atoms with Gasteiger partial charge in [-0.3, -0.25) is 0 Å². The summed E-state index contributed by atoms with van der Waals surface area (Å²) in [6.45, 7) is 20.7. The summed E-state index contributed by atoms with van der Waals surface area (Å²) in [4.78, 5) is 16.5. The van der Waals surface area contributed by atoms with Gasteiger partial charge in [-0.25, -0.2) is 9.48 Å². The van der Waals surface area contributed by atoms with Crippen LogP contribution in [0.15, 0.2) is 6.20 Å². The number of rotatable bonds is 9. The molecule has 1 aromatic rings. The number of likely N-dealkylation sites (N-methyl/N-ethyl adjacent to an activating group) is 2. The predicted molar refractivity (Wildman–Crippen MR) is 180 cm³/mol. The summed E-state index contributed by atoms with van der Waals surface area (Å²) >= 11 is 0. The van der Waals surface area contributed by atoms with E-state index in [2.05, 4.69) is 56.7 Å². The van der Waals surface area contributed by atoms with Crippen molar-refractivity contribution in [1.82, 2.24) is 19.6 Å².